The Kier molecular flexibility index (Phi) is 5.65. The first kappa shape index (κ1) is 21.2. The normalized spacial score (nSPS) is 15.4. The first-order valence-electron chi connectivity index (χ1n) is 9.69. The van der Waals surface area contributed by atoms with E-state index in [-0.39, 0.29) is 12.2 Å². The Labute approximate surface area is 179 Å². The van der Waals surface area contributed by atoms with Gasteiger partial charge in [-0.05, 0) is 29.8 Å². The summed E-state index contributed by atoms with van der Waals surface area (Å²) in [6.07, 6.45) is 1.21. The molecule has 1 aliphatic heterocycles. The lowest BCUT2D eigenvalue weighted by molar-refractivity contribution is 0.281. The lowest BCUT2D eigenvalue weighted by atomic mass is 10.1. The number of aromatic amines is 1. The van der Waals surface area contributed by atoms with Crippen LogP contribution in [0.3, 0.4) is 0 Å². The molecule has 0 spiro atoms. The summed E-state index contributed by atoms with van der Waals surface area (Å²) in [5, 5.41) is 9.80. The van der Waals surface area contributed by atoms with Crippen molar-refractivity contribution in [2.24, 2.45) is 0 Å². The van der Waals surface area contributed by atoms with E-state index in [0.29, 0.717) is 65.7 Å². The Morgan fingerprint density at radius 2 is 1.90 bits per heavy atom. The quantitative estimate of drug-likeness (QED) is 0.583. The zero-order valence-corrected chi connectivity index (χ0v) is 18.0. The van der Waals surface area contributed by atoms with Crippen molar-refractivity contribution >= 4 is 26.7 Å². The molecule has 0 atom stereocenters. The van der Waals surface area contributed by atoms with Crippen LogP contribution in [0.2, 0.25) is 0 Å². The van der Waals surface area contributed by atoms with Crippen molar-refractivity contribution in [2.45, 2.75) is 6.61 Å². The number of hydrogen-bond donors (Lipinski definition) is 2. The van der Waals surface area contributed by atoms with E-state index < -0.39 is 10.0 Å². The SMILES string of the molecule is COc1cc(CO)cc2nc(-c3cccc(N4CCN(S(C)(=O)=O)CC4)n3)[nH]c(=O)c12. The van der Waals surface area contributed by atoms with E-state index in [2.05, 4.69) is 15.0 Å². The Balaban J connectivity index is 1.69. The van der Waals surface area contributed by atoms with Gasteiger partial charge in [-0.25, -0.2) is 18.4 Å². The maximum Gasteiger partial charge on any atom is 0.262 e. The van der Waals surface area contributed by atoms with Crippen molar-refractivity contribution in [1.82, 2.24) is 19.3 Å². The number of aliphatic hydroxyl groups excluding tert-OH is 1. The van der Waals surface area contributed by atoms with Gasteiger partial charge in [-0.15, -0.1) is 0 Å². The fourth-order valence-corrected chi connectivity index (χ4v) is 4.47. The summed E-state index contributed by atoms with van der Waals surface area (Å²) in [4.78, 5) is 26.7. The molecule has 0 saturated carbocycles. The Morgan fingerprint density at radius 3 is 2.55 bits per heavy atom. The highest BCUT2D eigenvalue weighted by molar-refractivity contribution is 7.88. The second-order valence-electron chi connectivity index (χ2n) is 7.29. The van der Waals surface area contributed by atoms with Gasteiger partial charge in [-0.1, -0.05) is 6.07 Å². The van der Waals surface area contributed by atoms with Crippen LogP contribution >= 0.6 is 0 Å². The average molecular weight is 446 g/mol. The number of methoxy groups -OCH3 is 1. The summed E-state index contributed by atoms with van der Waals surface area (Å²) in [5.74, 6) is 1.31. The number of fused-ring (bicyclic) bond motifs is 1. The molecule has 0 unspecified atom stereocenters. The molecule has 11 heteroatoms. The molecule has 4 rings (SSSR count). The van der Waals surface area contributed by atoms with Crippen LogP contribution in [-0.4, -0.2) is 72.3 Å². The van der Waals surface area contributed by atoms with Crippen LogP contribution in [0.25, 0.3) is 22.4 Å². The molecular weight excluding hydrogens is 422 g/mol. The number of ether oxygens (including phenoxy) is 1. The number of H-pyrrole nitrogens is 1. The van der Waals surface area contributed by atoms with Crippen LogP contribution < -0.4 is 15.2 Å². The number of hydrogen-bond acceptors (Lipinski definition) is 8. The molecule has 3 heterocycles. The smallest absolute Gasteiger partial charge is 0.262 e. The van der Waals surface area contributed by atoms with Gasteiger partial charge in [0.2, 0.25) is 10.0 Å². The molecule has 1 saturated heterocycles. The lowest BCUT2D eigenvalue weighted by Gasteiger charge is -2.34. The molecule has 1 aromatic carbocycles. The molecule has 1 aliphatic rings. The zero-order chi connectivity index (χ0) is 22.2. The average Bonchev–Trinajstić information content (AvgIpc) is 2.77. The van der Waals surface area contributed by atoms with Gasteiger partial charge in [-0.2, -0.15) is 4.31 Å². The highest BCUT2D eigenvalue weighted by Gasteiger charge is 2.24. The Bertz CT molecular complexity index is 1280. The summed E-state index contributed by atoms with van der Waals surface area (Å²) < 4.78 is 30.2. The molecule has 3 aromatic rings. The van der Waals surface area contributed by atoms with E-state index in [1.54, 1.807) is 18.2 Å². The van der Waals surface area contributed by atoms with Crippen molar-refractivity contribution in [3.8, 4) is 17.3 Å². The standard InChI is InChI=1S/C20H23N5O5S/c1-30-16-11-13(12-26)10-15-18(16)20(27)23-19(22-15)14-4-3-5-17(21-14)24-6-8-25(9-7-24)31(2,28)29/h3-5,10-11,26H,6-9,12H2,1-2H3,(H,22,23,27). The van der Waals surface area contributed by atoms with Crippen molar-refractivity contribution in [2.75, 3.05) is 44.4 Å². The lowest BCUT2D eigenvalue weighted by Crippen LogP contribution is -2.48. The maximum absolute atomic E-state index is 12.7. The molecule has 0 amide bonds. The van der Waals surface area contributed by atoms with E-state index in [1.807, 2.05) is 17.0 Å². The predicted molar refractivity (Wildman–Crippen MR) is 117 cm³/mol. The van der Waals surface area contributed by atoms with Gasteiger partial charge in [0, 0.05) is 26.2 Å². The molecular formula is C20H23N5O5S. The van der Waals surface area contributed by atoms with Gasteiger partial charge in [0.1, 0.15) is 22.6 Å². The number of nitrogens with one attached hydrogen (secondary N) is 1. The molecule has 0 bridgehead atoms. The summed E-state index contributed by atoms with van der Waals surface area (Å²) in [6.45, 7) is 1.60. The number of sulfonamides is 1. The molecule has 10 nitrogen and oxygen atoms in total. The predicted octanol–water partition coefficient (Wildman–Crippen LogP) is 0.568. The third kappa shape index (κ3) is 4.24. The van der Waals surface area contributed by atoms with Gasteiger partial charge in [0.05, 0.1) is 25.5 Å². The van der Waals surface area contributed by atoms with E-state index in [4.69, 9.17) is 4.74 Å². The topological polar surface area (TPSA) is 129 Å². The first-order valence-corrected chi connectivity index (χ1v) is 11.5. The van der Waals surface area contributed by atoms with E-state index in [0.717, 1.165) is 0 Å². The minimum atomic E-state index is -3.21. The Hall–Kier alpha value is -3.02. The summed E-state index contributed by atoms with van der Waals surface area (Å²) in [6, 6.07) is 8.65. The second-order valence-corrected chi connectivity index (χ2v) is 9.28. The minimum absolute atomic E-state index is 0.205. The van der Waals surface area contributed by atoms with Crippen molar-refractivity contribution in [1.29, 1.82) is 0 Å². The monoisotopic (exact) mass is 445 g/mol. The van der Waals surface area contributed by atoms with Crippen LogP contribution in [-0.2, 0) is 16.6 Å². The van der Waals surface area contributed by atoms with Gasteiger partial charge in [0.25, 0.3) is 5.56 Å². The van der Waals surface area contributed by atoms with Gasteiger partial charge >= 0.3 is 0 Å². The van der Waals surface area contributed by atoms with Crippen LogP contribution in [0.1, 0.15) is 5.56 Å². The number of aromatic nitrogens is 3. The van der Waals surface area contributed by atoms with Gasteiger partial charge in [0.15, 0.2) is 5.82 Å². The van der Waals surface area contributed by atoms with Crippen LogP contribution in [0.5, 0.6) is 5.75 Å². The highest BCUT2D eigenvalue weighted by atomic mass is 32.2. The molecule has 2 aromatic heterocycles. The summed E-state index contributed by atoms with van der Waals surface area (Å²) in [7, 11) is -1.76. The fraction of sp³-hybridized carbons (Fsp3) is 0.350. The van der Waals surface area contributed by atoms with Gasteiger partial charge < -0.3 is 19.7 Å². The van der Waals surface area contributed by atoms with Crippen LogP contribution in [0.4, 0.5) is 5.82 Å². The van der Waals surface area contributed by atoms with Crippen molar-refractivity contribution < 1.29 is 18.3 Å². The number of rotatable bonds is 5. The number of nitrogens with zero attached hydrogens (tertiary/aromatic N) is 4. The summed E-state index contributed by atoms with van der Waals surface area (Å²) >= 11 is 0. The molecule has 31 heavy (non-hydrogen) atoms. The number of pyridine rings is 1. The third-order valence-electron chi connectivity index (χ3n) is 5.24. The number of benzene rings is 1. The largest absolute Gasteiger partial charge is 0.496 e. The molecule has 0 radical (unpaired) electrons. The first-order chi connectivity index (χ1) is 14.8. The molecule has 1 fully saturated rings. The minimum Gasteiger partial charge on any atom is -0.496 e. The second kappa shape index (κ2) is 8.25. The van der Waals surface area contributed by atoms with Crippen molar-refractivity contribution in [3.05, 3.63) is 46.2 Å². The van der Waals surface area contributed by atoms with Crippen LogP contribution in [0, 0.1) is 0 Å². The van der Waals surface area contributed by atoms with E-state index >= 15 is 0 Å². The maximum atomic E-state index is 12.7. The number of aliphatic hydroxyl groups is 1. The summed E-state index contributed by atoms with van der Waals surface area (Å²) in [5.41, 5.74) is 1.10. The van der Waals surface area contributed by atoms with Gasteiger partial charge in [-0.3, -0.25) is 4.79 Å². The molecule has 0 aliphatic carbocycles. The molecule has 2 N–H and O–H groups in total. The highest BCUT2D eigenvalue weighted by Crippen LogP contribution is 2.26. The van der Waals surface area contributed by atoms with Crippen LogP contribution in [0.15, 0.2) is 35.1 Å². The van der Waals surface area contributed by atoms with E-state index in [1.165, 1.54) is 17.7 Å². The number of anilines is 1. The molecule has 164 valence electrons. The third-order valence-corrected chi connectivity index (χ3v) is 6.55. The van der Waals surface area contributed by atoms with Crippen molar-refractivity contribution in [3.63, 3.8) is 0 Å². The fourth-order valence-electron chi connectivity index (χ4n) is 3.64. The zero-order valence-electron chi connectivity index (χ0n) is 17.2. The number of piperazine rings is 1. The van der Waals surface area contributed by atoms with E-state index in [9.17, 15) is 18.3 Å². The Morgan fingerprint density at radius 1 is 1.16 bits per heavy atom.